The Hall–Kier alpha value is -3.48. The summed E-state index contributed by atoms with van der Waals surface area (Å²) in [5, 5.41) is 9.71. The Morgan fingerprint density at radius 1 is 1.12 bits per heavy atom. The second kappa shape index (κ2) is 8.57. The predicted octanol–water partition coefficient (Wildman–Crippen LogP) is 2.65. The molecule has 32 heavy (non-hydrogen) atoms. The van der Waals surface area contributed by atoms with Crippen molar-refractivity contribution < 1.29 is 13.2 Å². The first-order chi connectivity index (χ1) is 15.3. The third-order valence-electron chi connectivity index (χ3n) is 5.20. The van der Waals surface area contributed by atoms with Gasteiger partial charge in [-0.25, -0.2) is 13.4 Å². The summed E-state index contributed by atoms with van der Waals surface area (Å²) in [4.78, 5) is 19.4. The average molecular weight is 451 g/mol. The van der Waals surface area contributed by atoms with Gasteiger partial charge < -0.3 is 9.64 Å². The summed E-state index contributed by atoms with van der Waals surface area (Å²) < 4.78 is 33.3. The molecule has 0 amide bonds. The van der Waals surface area contributed by atoms with Gasteiger partial charge in [0.1, 0.15) is 22.4 Å². The zero-order valence-corrected chi connectivity index (χ0v) is 18.5. The molecular formula is C23H22N4O4S. The Balaban J connectivity index is 1.95. The van der Waals surface area contributed by atoms with Crippen molar-refractivity contribution in [2.45, 2.75) is 31.0 Å². The summed E-state index contributed by atoms with van der Waals surface area (Å²) in [6, 6.07) is 14.6. The highest BCUT2D eigenvalue weighted by Gasteiger charge is 2.28. The van der Waals surface area contributed by atoms with Crippen molar-refractivity contribution in [1.29, 1.82) is 5.26 Å². The molecule has 0 saturated carbocycles. The number of benzene rings is 1. The predicted molar refractivity (Wildman–Crippen MR) is 121 cm³/mol. The van der Waals surface area contributed by atoms with Crippen LogP contribution < -0.4 is 10.5 Å². The van der Waals surface area contributed by atoms with Crippen molar-refractivity contribution >= 4 is 27.4 Å². The Kier molecular flexibility index (Phi) is 5.82. The molecule has 0 unspecified atom stereocenters. The van der Waals surface area contributed by atoms with E-state index in [1.54, 1.807) is 48.7 Å². The molecule has 0 bridgehead atoms. The molecule has 2 atom stereocenters. The quantitative estimate of drug-likeness (QED) is 0.563. The normalized spacial score (nSPS) is 19.7. The van der Waals surface area contributed by atoms with E-state index in [1.807, 2.05) is 18.7 Å². The molecule has 1 fully saturated rings. The Morgan fingerprint density at radius 3 is 2.44 bits per heavy atom. The molecule has 1 aliphatic heterocycles. The fourth-order valence-corrected chi connectivity index (χ4v) is 5.00. The van der Waals surface area contributed by atoms with E-state index in [9.17, 15) is 18.5 Å². The first-order valence-electron chi connectivity index (χ1n) is 10.1. The van der Waals surface area contributed by atoms with Crippen molar-refractivity contribution in [2.75, 3.05) is 18.0 Å². The van der Waals surface area contributed by atoms with Gasteiger partial charge in [-0.05, 0) is 44.2 Å². The number of sulfone groups is 1. The lowest BCUT2D eigenvalue weighted by molar-refractivity contribution is -0.00546. The summed E-state index contributed by atoms with van der Waals surface area (Å²) >= 11 is 0. The van der Waals surface area contributed by atoms with E-state index < -0.39 is 20.3 Å². The van der Waals surface area contributed by atoms with Gasteiger partial charge in [0.15, 0.2) is 0 Å². The lowest BCUT2D eigenvalue weighted by atomic mass is 10.2. The third kappa shape index (κ3) is 4.02. The lowest BCUT2D eigenvalue weighted by Crippen LogP contribution is -2.46. The lowest BCUT2D eigenvalue weighted by Gasteiger charge is -2.36. The van der Waals surface area contributed by atoms with Crippen molar-refractivity contribution in [3.8, 4) is 6.07 Å². The molecule has 1 saturated heterocycles. The van der Waals surface area contributed by atoms with E-state index >= 15 is 0 Å². The molecular weight excluding hydrogens is 428 g/mol. The first kappa shape index (κ1) is 21.7. The van der Waals surface area contributed by atoms with Gasteiger partial charge in [0.05, 0.1) is 22.7 Å². The van der Waals surface area contributed by atoms with Gasteiger partial charge in [0.25, 0.3) is 5.56 Å². The number of fused-ring (bicyclic) bond motifs is 1. The zero-order chi connectivity index (χ0) is 22.9. The minimum Gasteiger partial charge on any atom is -0.372 e. The average Bonchev–Trinajstić information content (AvgIpc) is 2.78. The SMILES string of the molecule is C[C@H]1CN(c2nc3ccccn3c(=O)c2/C=C(\C#N)S(=O)(=O)c2ccccc2)C[C@H](C)O1. The van der Waals surface area contributed by atoms with Crippen molar-refractivity contribution in [3.05, 3.63) is 75.6 Å². The van der Waals surface area contributed by atoms with E-state index in [2.05, 4.69) is 4.98 Å². The number of rotatable bonds is 4. The maximum atomic E-state index is 13.4. The van der Waals surface area contributed by atoms with Gasteiger partial charge in [0, 0.05) is 19.3 Å². The highest BCUT2D eigenvalue weighted by atomic mass is 32.2. The number of ether oxygens (including phenoxy) is 1. The van der Waals surface area contributed by atoms with E-state index in [1.165, 1.54) is 16.5 Å². The van der Waals surface area contributed by atoms with Crippen LogP contribution in [0.25, 0.3) is 11.7 Å². The standard InChI is InChI=1S/C23H22N4O4S/c1-16-14-26(15-17(2)31-16)22-20(23(28)27-11-7-6-10-21(27)25-22)12-19(13-24)32(29,30)18-8-4-3-5-9-18/h3-12,16-17H,14-15H2,1-2H3/b19-12+/t16-,17-/m0/s1. The van der Waals surface area contributed by atoms with Crippen molar-refractivity contribution in [3.63, 3.8) is 0 Å². The molecule has 2 aromatic heterocycles. The number of aromatic nitrogens is 2. The molecule has 3 aromatic rings. The van der Waals surface area contributed by atoms with Crippen LogP contribution >= 0.6 is 0 Å². The Labute approximate surface area is 185 Å². The summed E-state index contributed by atoms with van der Waals surface area (Å²) in [6.45, 7) is 4.81. The second-order valence-electron chi connectivity index (χ2n) is 7.68. The molecule has 0 radical (unpaired) electrons. The zero-order valence-electron chi connectivity index (χ0n) is 17.7. The largest absolute Gasteiger partial charge is 0.372 e. The van der Waals surface area contributed by atoms with Crippen LogP contribution in [0.5, 0.6) is 0 Å². The van der Waals surface area contributed by atoms with Crippen LogP contribution in [0.1, 0.15) is 19.4 Å². The van der Waals surface area contributed by atoms with Crippen LogP contribution in [0.3, 0.4) is 0 Å². The first-order valence-corrected chi connectivity index (χ1v) is 11.6. The molecule has 1 aromatic carbocycles. The summed E-state index contributed by atoms with van der Waals surface area (Å²) in [7, 11) is -4.11. The summed E-state index contributed by atoms with van der Waals surface area (Å²) in [5.74, 6) is 0.333. The summed E-state index contributed by atoms with van der Waals surface area (Å²) in [5.41, 5.74) is 0.0281. The number of hydrogen-bond donors (Lipinski definition) is 0. The smallest absolute Gasteiger partial charge is 0.267 e. The molecule has 1 aliphatic rings. The van der Waals surface area contributed by atoms with Crippen molar-refractivity contribution in [1.82, 2.24) is 9.38 Å². The van der Waals surface area contributed by atoms with E-state index in [0.29, 0.717) is 24.6 Å². The van der Waals surface area contributed by atoms with Crippen LogP contribution in [0.4, 0.5) is 5.82 Å². The monoisotopic (exact) mass is 450 g/mol. The minimum atomic E-state index is -4.11. The highest BCUT2D eigenvalue weighted by Crippen LogP contribution is 2.26. The van der Waals surface area contributed by atoms with Crippen molar-refractivity contribution in [2.24, 2.45) is 0 Å². The van der Waals surface area contributed by atoms with Gasteiger partial charge in [-0.2, -0.15) is 5.26 Å². The Bertz CT molecular complexity index is 1380. The van der Waals surface area contributed by atoms with Gasteiger partial charge in [0.2, 0.25) is 9.84 Å². The molecule has 0 aliphatic carbocycles. The van der Waals surface area contributed by atoms with E-state index in [4.69, 9.17) is 4.74 Å². The van der Waals surface area contributed by atoms with Gasteiger partial charge in [-0.15, -0.1) is 0 Å². The Morgan fingerprint density at radius 2 is 1.78 bits per heavy atom. The molecule has 0 spiro atoms. The van der Waals surface area contributed by atoms with Crippen LogP contribution in [0, 0.1) is 11.3 Å². The van der Waals surface area contributed by atoms with E-state index in [0.717, 1.165) is 6.08 Å². The number of pyridine rings is 1. The summed E-state index contributed by atoms with van der Waals surface area (Å²) in [6.07, 6.45) is 2.50. The second-order valence-corrected chi connectivity index (χ2v) is 9.60. The maximum Gasteiger partial charge on any atom is 0.267 e. The van der Waals surface area contributed by atoms with Crippen LogP contribution in [0.2, 0.25) is 0 Å². The minimum absolute atomic E-state index is 0.0168. The number of nitriles is 1. The number of allylic oxidation sites excluding steroid dienone is 1. The number of morpholine rings is 1. The molecule has 4 rings (SSSR count). The van der Waals surface area contributed by atoms with Gasteiger partial charge in [-0.3, -0.25) is 9.20 Å². The third-order valence-corrected chi connectivity index (χ3v) is 6.88. The van der Waals surface area contributed by atoms with Gasteiger partial charge >= 0.3 is 0 Å². The fraction of sp³-hybridized carbons (Fsp3) is 0.261. The molecule has 164 valence electrons. The maximum absolute atomic E-state index is 13.4. The van der Waals surface area contributed by atoms with Crippen LogP contribution in [-0.2, 0) is 14.6 Å². The van der Waals surface area contributed by atoms with Crippen LogP contribution in [-0.4, -0.2) is 43.1 Å². The van der Waals surface area contributed by atoms with Crippen LogP contribution in [0.15, 0.2) is 69.3 Å². The number of anilines is 1. The number of nitrogens with zero attached hydrogens (tertiary/aromatic N) is 4. The fourth-order valence-electron chi connectivity index (χ4n) is 3.84. The molecule has 0 N–H and O–H groups in total. The number of hydrogen-bond acceptors (Lipinski definition) is 7. The molecule has 8 nitrogen and oxygen atoms in total. The van der Waals surface area contributed by atoms with Gasteiger partial charge in [-0.1, -0.05) is 24.3 Å². The van der Waals surface area contributed by atoms with E-state index in [-0.39, 0.29) is 22.7 Å². The highest BCUT2D eigenvalue weighted by molar-refractivity contribution is 7.95. The topological polar surface area (TPSA) is 105 Å². The molecule has 9 heteroatoms. The molecule has 3 heterocycles.